The molecule has 0 radical (unpaired) electrons. The second-order valence-corrected chi connectivity index (χ2v) is 22.0. The fraction of sp³-hybridized carbons (Fsp3) is 0. The zero-order valence-electron chi connectivity index (χ0n) is 43.9. The van der Waals surface area contributed by atoms with Crippen molar-refractivity contribution in [2.45, 2.75) is 0 Å². The summed E-state index contributed by atoms with van der Waals surface area (Å²) >= 11 is 0. The van der Waals surface area contributed by atoms with Gasteiger partial charge in [-0.1, -0.05) is 206 Å². The lowest BCUT2D eigenvalue weighted by Gasteiger charge is -2.13. The lowest BCUT2D eigenvalue weighted by molar-refractivity contribution is 1.24. The van der Waals surface area contributed by atoms with Crippen LogP contribution in [0.3, 0.4) is 0 Å². The van der Waals surface area contributed by atoms with Crippen LogP contribution in [-0.2, 0) is 0 Å². The Hall–Kier alpha value is -11.1. The molecule has 82 heavy (non-hydrogen) atoms. The number of rotatable bonds is 6. The quantitative estimate of drug-likeness (QED) is 0.166. The van der Waals surface area contributed by atoms with Gasteiger partial charge < -0.3 is 0 Å². The van der Waals surface area contributed by atoms with E-state index >= 15 is 0 Å². The normalized spacial score (nSPS) is 12.4. The van der Waals surface area contributed by atoms with Crippen LogP contribution in [0, 0.1) is 0 Å². The molecule has 0 aliphatic carbocycles. The second kappa shape index (κ2) is 16.3. The number of hydrogen-bond donors (Lipinski definition) is 0. The van der Waals surface area contributed by atoms with Crippen LogP contribution in [0.25, 0.3) is 187 Å². The molecule has 0 saturated heterocycles. The van der Waals surface area contributed by atoms with Gasteiger partial charge in [0.1, 0.15) is 22.3 Å². The molecule has 0 N–H and O–H groups in total. The molecule has 19 rings (SSSR count). The maximum Gasteiger partial charge on any atom is 0.145 e. The number of fused-ring (bicyclic) bond motifs is 19. The summed E-state index contributed by atoms with van der Waals surface area (Å²) in [6, 6.07) is 87.8. The van der Waals surface area contributed by atoms with Crippen LogP contribution < -0.4 is 0 Å². The van der Waals surface area contributed by atoms with E-state index in [0.717, 1.165) is 154 Å². The highest BCUT2D eigenvalue weighted by Gasteiger charge is 2.32. The monoisotopic (exact) mass is 1040 g/mol. The molecular formula is C76H42N6. The molecule has 0 bridgehead atoms. The van der Waals surface area contributed by atoms with Crippen LogP contribution in [-0.4, -0.2) is 28.7 Å². The minimum atomic E-state index is 0.862. The van der Waals surface area contributed by atoms with Crippen molar-refractivity contribution in [1.82, 2.24) is 28.7 Å². The van der Waals surface area contributed by atoms with Crippen molar-refractivity contribution >= 4 is 120 Å². The minimum Gasteiger partial charge on any atom is -0.290 e. The molecule has 7 heterocycles. The molecule has 19 aromatic rings. The van der Waals surface area contributed by atoms with Crippen molar-refractivity contribution in [3.05, 3.63) is 255 Å². The predicted molar refractivity (Wildman–Crippen MR) is 341 cm³/mol. The molecule has 0 amide bonds. The van der Waals surface area contributed by atoms with E-state index in [2.05, 4.69) is 251 Å². The third-order valence-corrected chi connectivity index (χ3v) is 17.7. The van der Waals surface area contributed by atoms with Crippen LogP contribution in [0.2, 0.25) is 0 Å². The summed E-state index contributed by atoms with van der Waals surface area (Å²) in [5.74, 6) is 0. The first-order valence-electron chi connectivity index (χ1n) is 28.0. The summed E-state index contributed by atoms with van der Waals surface area (Å²) in [6.45, 7) is 0. The van der Waals surface area contributed by atoms with Gasteiger partial charge in [0.05, 0.1) is 33.1 Å². The van der Waals surface area contributed by atoms with Gasteiger partial charge in [0.2, 0.25) is 0 Å². The zero-order chi connectivity index (χ0) is 53.3. The minimum absolute atomic E-state index is 0.862. The third-order valence-electron chi connectivity index (χ3n) is 17.7. The molecule has 12 aromatic carbocycles. The van der Waals surface area contributed by atoms with Gasteiger partial charge in [-0.05, 0) is 97.4 Å². The Morgan fingerprint density at radius 2 is 0.549 bits per heavy atom. The summed E-state index contributed by atoms with van der Waals surface area (Å²) in [5.41, 5.74) is 23.2. The Labute approximate surface area is 468 Å². The van der Waals surface area contributed by atoms with Crippen molar-refractivity contribution in [2.75, 3.05) is 0 Å². The predicted octanol–water partition coefficient (Wildman–Crippen LogP) is 19.6. The van der Waals surface area contributed by atoms with Crippen molar-refractivity contribution in [3.63, 3.8) is 0 Å². The average Bonchev–Trinajstić information content (AvgIpc) is 3.82. The largest absolute Gasteiger partial charge is 0.290 e. The van der Waals surface area contributed by atoms with E-state index in [1.165, 1.54) is 33.0 Å². The third kappa shape index (κ3) is 5.86. The van der Waals surface area contributed by atoms with Gasteiger partial charge in [-0.15, -0.1) is 0 Å². The Morgan fingerprint density at radius 3 is 0.927 bits per heavy atom. The summed E-state index contributed by atoms with van der Waals surface area (Å²) < 4.78 is 4.92. The molecule has 0 atom stereocenters. The van der Waals surface area contributed by atoms with E-state index in [4.69, 9.17) is 19.9 Å². The van der Waals surface area contributed by atoms with E-state index in [0.29, 0.717) is 0 Å². The fourth-order valence-corrected chi connectivity index (χ4v) is 14.2. The molecule has 376 valence electrons. The topological polar surface area (TPSA) is 60.4 Å². The van der Waals surface area contributed by atoms with E-state index in [1.807, 2.05) is 12.4 Å². The van der Waals surface area contributed by atoms with E-state index < -0.39 is 0 Å². The van der Waals surface area contributed by atoms with Gasteiger partial charge in [-0.3, -0.25) is 8.80 Å². The van der Waals surface area contributed by atoms with Gasteiger partial charge in [0.15, 0.2) is 0 Å². The lowest BCUT2D eigenvalue weighted by Crippen LogP contribution is -1.94. The van der Waals surface area contributed by atoms with Crippen LogP contribution in [0.5, 0.6) is 0 Å². The van der Waals surface area contributed by atoms with Crippen molar-refractivity contribution in [1.29, 1.82) is 0 Å². The molecule has 6 nitrogen and oxygen atoms in total. The molecule has 6 heteroatoms. The Morgan fingerprint density at radius 1 is 0.220 bits per heavy atom. The van der Waals surface area contributed by atoms with Crippen molar-refractivity contribution in [2.24, 2.45) is 0 Å². The Balaban J connectivity index is 1.06. The first-order valence-corrected chi connectivity index (χ1v) is 28.0. The van der Waals surface area contributed by atoms with Crippen LogP contribution in [0.1, 0.15) is 0 Å². The molecule has 0 spiro atoms. The lowest BCUT2D eigenvalue weighted by atomic mass is 9.90. The molecule has 7 aromatic heterocycles. The number of pyridine rings is 2. The highest BCUT2D eigenvalue weighted by Crippen LogP contribution is 2.53. The summed E-state index contributed by atoms with van der Waals surface area (Å²) in [5, 5.41) is 13.3. The van der Waals surface area contributed by atoms with Gasteiger partial charge >= 0.3 is 0 Å². The SMILES string of the molecule is c1ccc(-c2cnc3c(c2)c2cc(-c4ccccc4)cc4c5c6nc7c8ccc(-c9ccccc9)c9c(-c%10ccccc%10)ccc(c7nc6c6c7cc(-c%10ccccc%10)cc%10c%11cc(-c%12ccccc%12)cnc%11n(c%107)c6c5n3c24)c98)cc1. The molecular weight excluding hydrogens is 997 g/mol. The van der Waals surface area contributed by atoms with E-state index in [-0.39, 0.29) is 0 Å². The van der Waals surface area contributed by atoms with Crippen LogP contribution >= 0.6 is 0 Å². The fourth-order valence-electron chi connectivity index (χ4n) is 14.2. The van der Waals surface area contributed by atoms with Crippen LogP contribution in [0.4, 0.5) is 0 Å². The Bertz CT molecular complexity index is 5460. The number of nitrogens with zero attached hydrogens (tertiary/aromatic N) is 6. The first-order chi connectivity index (χ1) is 40.7. The van der Waals surface area contributed by atoms with Gasteiger partial charge in [-0.25, -0.2) is 19.9 Å². The standard InChI is InChI=1S/C76H42N6/c1-7-19-43(20-8-1)49-35-57-59-39-51(45-23-11-3-12-24-45)41-77-75(59)81-71(57)61(37-49)65-69-70(80-68-56-34-32-54(48-29-17-6-18-30-48)63-53(47-27-15-5-16-28-47)31-33-55(64(56)63)67(68)79-69)66-62-38-50(44-21-9-2-10-22-44)36-58-60-40-52(46-25-13-4-14-26-46)42-78-76(60)82(72(58)62)74(66)73(65)81/h1-42H. The van der Waals surface area contributed by atoms with Crippen molar-refractivity contribution in [3.8, 4) is 66.8 Å². The van der Waals surface area contributed by atoms with Gasteiger partial charge in [0.25, 0.3) is 0 Å². The molecule has 0 fully saturated rings. The second-order valence-electron chi connectivity index (χ2n) is 22.0. The Kier molecular flexibility index (Phi) is 8.69. The van der Waals surface area contributed by atoms with Gasteiger partial charge in [-0.2, -0.15) is 0 Å². The highest BCUT2D eigenvalue weighted by molar-refractivity contribution is 6.42. The number of hydrogen-bond acceptors (Lipinski definition) is 4. The molecule has 0 aliphatic heterocycles. The number of aromatic nitrogens is 6. The maximum absolute atomic E-state index is 6.11. The highest BCUT2D eigenvalue weighted by atomic mass is 15.0. The maximum atomic E-state index is 6.11. The van der Waals surface area contributed by atoms with E-state index in [9.17, 15) is 0 Å². The smallest absolute Gasteiger partial charge is 0.145 e. The number of benzene rings is 11. The summed E-state index contributed by atoms with van der Waals surface area (Å²) in [4.78, 5) is 23.3. The summed E-state index contributed by atoms with van der Waals surface area (Å²) in [6.07, 6.45) is 4.09. The van der Waals surface area contributed by atoms with Crippen molar-refractivity contribution < 1.29 is 0 Å². The van der Waals surface area contributed by atoms with E-state index in [1.54, 1.807) is 0 Å². The summed E-state index contributed by atoms with van der Waals surface area (Å²) in [7, 11) is 0. The molecule has 0 aliphatic rings. The van der Waals surface area contributed by atoms with Crippen LogP contribution in [0.15, 0.2) is 255 Å². The molecule has 0 saturated carbocycles. The van der Waals surface area contributed by atoms with Gasteiger partial charge in [0, 0.05) is 82.8 Å². The first kappa shape index (κ1) is 43.9. The molecule has 0 unspecified atom stereocenters. The average molecular weight is 1040 g/mol. The zero-order valence-corrected chi connectivity index (χ0v) is 43.9.